The highest BCUT2D eigenvalue weighted by atomic mass is 16.5. The summed E-state index contributed by atoms with van der Waals surface area (Å²) < 4.78 is 5.08. The van der Waals surface area contributed by atoms with Crippen LogP contribution in [0.2, 0.25) is 0 Å². The largest absolute Gasteiger partial charge is 0.450 e. The van der Waals surface area contributed by atoms with Crippen molar-refractivity contribution in [3.05, 3.63) is 0 Å². The molecule has 1 amide bonds. The van der Waals surface area contributed by atoms with E-state index in [-0.39, 0.29) is 17.0 Å². The second-order valence-electron chi connectivity index (χ2n) is 6.24. The first-order chi connectivity index (χ1) is 7.16. The molecule has 0 saturated heterocycles. The van der Waals surface area contributed by atoms with Crippen LogP contribution in [0, 0.1) is 5.41 Å². The van der Waals surface area contributed by atoms with Gasteiger partial charge in [0.2, 0.25) is 0 Å². The molecule has 0 aromatic heterocycles. The van der Waals surface area contributed by atoms with Crippen LogP contribution in [0.5, 0.6) is 0 Å². The van der Waals surface area contributed by atoms with Gasteiger partial charge in [-0.25, -0.2) is 4.79 Å². The van der Waals surface area contributed by atoms with Gasteiger partial charge in [-0.2, -0.15) is 0 Å². The van der Waals surface area contributed by atoms with Crippen LogP contribution in [0.25, 0.3) is 0 Å². The molecule has 0 aliphatic heterocycles. The third-order valence-electron chi connectivity index (χ3n) is 2.14. The summed E-state index contributed by atoms with van der Waals surface area (Å²) in [4.78, 5) is 11.5. The van der Waals surface area contributed by atoms with Gasteiger partial charge < -0.3 is 10.1 Å². The first-order valence-corrected chi connectivity index (χ1v) is 6.11. The fourth-order valence-electron chi connectivity index (χ4n) is 1.99. The molecule has 0 unspecified atom stereocenters. The van der Waals surface area contributed by atoms with Crippen molar-refractivity contribution in [1.82, 2.24) is 5.32 Å². The Morgan fingerprint density at radius 2 is 1.75 bits per heavy atom. The monoisotopic (exact) mass is 229 g/mol. The topological polar surface area (TPSA) is 38.3 Å². The maximum Gasteiger partial charge on any atom is 0.407 e. The van der Waals surface area contributed by atoms with Crippen LogP contribution in [0.15, 0.2) is 0 Å². The van der Waals surface area contributed by atoms with Gasteiger partial charge in [0.25, 0.3) is 0 Å². The Labute approximate surface area is 99.9 Å². The van der Waals surface area contributed by atoms with Crippen LogP contribution >= 0.6 is 0 Å². The van der Waals surface area contributed by atoms with E-state index in [4.69, 9.17) is 4.74 Å². The molecule has 0 aromatic carbocycles. The van der Waals surface area contributed by atoms with Gasteiger partial charge >= 0.3 is 6.09 Å². The molecule has 0 bridgehead atoms. The molecule has 0 aliphatic carbocycles. The smallest absolute Gasteiger partial charge is 0.407 e. The number of alkyl carbamates (subject to hydrolysis) is 1. The lowest BCUT2D eigenvalue weighted by molar-refractivity contribution is 0.127. The molecule has 0 aromatic rings. The van der Waals surface area contributed by atoms with Crippen molar-refractivity contribution < 1.29 is 9.53 Å². The van der Waals surface area contributed by atoms with E-state index >= 15 is 0 Å². The molecule has 16 heavy (non-hydrogen) atoms. The van der Waals surface area contributed by atoms with Gasteiger partial charge in [0.05, 0.1) is 6.61 Å². The highest BCUT2D eigenvalue weighted by Gasteiger charge is 2.27. The normalized spacial score (nSPS) is 12.4. The van der Waals surface area contributed by atoms with Gasteiger partial charge in [-0.05, 0) is 32.1 Å². The van der Waals surface area contributed by atoms with E-state index in [1.807, 2.05) is 13.8 Å². The highest BCUT2D eigenvalue weighted by molar-refractivity contribution is 5.68. The van der Waals surface area contributed by atoms with Crippen LogP contribution in [0.3, 0.4) is 0 Å². The number of carbonyl (C=O) groups is 1. The molecule has 96 valence electrons. The van der Waals surface area contributed by atoms with E-state index in [1.54, 1.807) is 0 Å². The maximum atomic E-state index is 11.5. The average Bonchev–Trinajstić information content (AvgIpc) is 1.98. The number of ether oxygens (including phenoxy) is 1. The van der Waals surface area contributed by atoms with Gasteiger partial charge in [-0.3, -0.25) is 0 Å². The molecule has 0 rings (SSSR count). The minimum atomic E-state index is -0.303. The number of hydrogen-bond donors (Lipinski definition) is 1. The number of carbonyl (C=O) groups excluding carboxylic acids is 1. The summed E-state index contributed by atoms with van der Waals surface area (Å²) in [5.41, 5.74) is -0.0260. The van der Waals surface area contributed by atoms with Crippen LogP contribution in [-0.2, 0) is 4.74 Å². The minimum Gasteiger partial charge on any atom is -0.450 e. The summed E-state index contributed by atoms with van der Waals surface area (Å²) >= 11 is 0. The van der Waals surface area contributed by atoms with Crippen molar-refractivity contribution in [1.29, 1.82) is 0 Å². The van der Waals surface area contributed by atoms with E-state index in [2.05, 4.69) is 33.0 Å². The highest BCUT2D eigenvalue weighted by Crippen LogP contribution is 2.26. The molecule has 1 N–H and O–H groups in total. The molecular formula is C13H27NO2. The zero-order valence-electron chi connectivity index (χ0n) is 11.6. The fourth-order valence-corrected chi connectivity index (χ4v) is 1.99. The summed E-state index contributed by atoms with van der Waals surface area (Å²) in [5.74, 6) is 0. The predicted octanol–water partition coefficient (Wildman–Crippen LogP) is 3.73. The lowest BCUT2D eigenvalue weighted by Gasteiger charge is -2.32. The van der Waals surface area contributed by atoms with Crippen LogP contribution in [0.1, 0.15) is 60.8 Å². The van der Waals surface area contributed by atoms with Gasteiger partial charge in [0.15, 0.2) is 0 Å². The van der Waals surface area contributed by atoms with Crippen molar-refractivity contribution in [2.24, 2.45) is 5.41 Å². The third kappa shape index (κ3) is 8.57. The fraction of sp³-hybridized carbons (Fsp3) is 0.923. The first-order valence-electron chi connectivity index (χ1n) is 6.11. The number of hydrogen-bond acceptors (Lipinski definition) is 2. The molecule has 0 aliphatic rings. The number of rotatable bonds is 5. The maximum absolute atomic E-state index is 11.5. The Kier molecular flexibility index (Phi) is 5.84. The van der Waals surface area contributed by atoms with Gasteiger partial charge in [0.1, 0.15) is 0 Å². The lowest BCUT2D eigenvalue weighted by Crippen LogP contribution is -2.46. The first kappa shape index (κ1) is 15.3. The van der Waals surface area contributed by atoms with E-state index < -0.39 is 0 Å². The summed E-state index contributed by atoms with van der Waals surface area (Å²) in [6.07, 6.45) is 2.58. The molecule has 0 fully saturated rings. The second kappa shape index (κ2) is 6.12. The molecule has 3 heteroatoms. The molecular weight excluding hydrogens is 202 g/mol. The molecule has 0 radical (unpaired) electrons. The Bertz CT molecular complexity index is 216. The molecule has 0 saturated carbocycles. The molecule has 0 spiro atoms. The zero-order valence-corrected chi connectivity index (χ0v) is 11.6. The number of nitrogens with one attached hydrogen (secondary N) is 1. The van der Waals surface area contributed by atoms with Crippen LogP contribution < -0.4 is 5.32 Å². The zero-order chi connectivity index (χ0) is 12.8. The van der Waals surface area contributed by atoms with Crippen molar-refractivity contribution in [2.75, 3.05) is 6.61 Å². The van der Waals surface area contributed by atoms with Crippen LogP contribution in [0.4, 0.5) is 4.79 Å². The average molecular weight is 229 g/mol. The summed E-state index contributed by atoms with van der Waals surface area (Å²) in [6, 6.07) is 0. The van der Waals surface area contributed by atoms with Gasteiger partial charge in [-0.15, -0.1) is 0 Å². The van der Waals surface area contributed by atoms with E-state index in [1.165, 1.54) is 0 Å². The van der Waals surface area contributed by atoms with E-state index in [0.29, 0.717) is 6.61 Å². The lowest BCUT2D eigenvalue weighted by atomic mass is 9.82. The van der Waals surface area contributed by atoms with Crippen molar-refractivity contribution in [3.63, 3.8) is 0 Å². The van der Waals surface area contributed by atoms with Crippen LogP contribution in [-0.4, -0.2) is 18.2 Å². The standard InChI is InChI=1S/C13H27NO2/c1-7-8-9-16-11(15)14-13(5,6)10-12(2,3)4/h7-10H2,1-6H3,(H,14,15). The van der Waals surface area contributed by atoms with Crippen molar-refractivity contribution in [3.8, 4) is 0 Å². The minimum absolute atomic E-state index is 0.195. The number of unbranched alkanes of at least 4 members (excludes halogenated alkanes) is 1. The molecule has 3 nitrogen and oxygen atoms in total. The quantitative estimate of drug-likeness (QED) is 0.729. The van der Waals surface area contributed by atoms with Gasteiger partial charge in [0, 0.05) is 5.54 Å². The SMILES string of the molecule is CCCCOC(=O)NC(C)(C)CC(C)(C)C. The number of amides is 1. The molecule has 0 atom stereocenters. The summed E-state index contributed by atoms with van der Waals surface area (Å²) in [5, 5.41) is 2.91. The summed E-state index contributed by atoms with van der Waals surface area (Å²) in [7, 11) is 0. The Morgan fingerprint density at radius 1 is 1.19 bits per heavy atom. The predicted molar refractivity (Wildman–Crippen MR) is 67.5 cm³/mol. The third-order valence-corrected chi connectivity index (χ3v) is 2.14. The van der Waals surface area contributed by atoms with Crippen molar-refractivity contribution >= 4 is 6.09 Å². The van der Waals surface area contributed by atoms with E-state index in [0.717, 1.165) is 19.3 Å². The van der Waals surface area contributed by atoms with E-state index in [9.17, 15) is 4.79 Å². The Hall–Kier alpha value is -0.730. The summed E-state index contributed by atoms with van der Waals surface area (Å²) in [6.45, 7) is 13.1. The Balaban J connectivity index is 4.00. The van der Waals surface area contributed by atoms with Gasteiger partial charge in [-0.1, -0.05) is 34.1 Å². The van der Waals surface area contributed by atoms with Crippen molar-refractivity contribution in [2.45, 2.75) is 66.3 Å². The Morgan fingerprint density at radius 3 is 2.19 bits per heavy atom. The second-order valence-corrected chi connectivity index (χ2v) is 6.24. The molecule has 0 heterocycles.